The van der Waals surface area contributed by atoms with Crippen molar-refractivity contribution in [2.45, 2.75) is 78.4 Å². The fraction of sp³-hybridized carbons (Fsp3) is 0.483. The number of imidazole rings is 1. The van der Waals surface area contributed by atoms with Gasteiger partial charge in [-0.3, -0.25) is 10.1 Å². The lowest BCUT2D eigenvalue weighted by Crippen LogP contribution is -2.39. The lowest BCUT2D eigenvalue weighted by atomic mass is 9.75. The van der Waals surface area contributed by atoms with E-state index in [9.17, 15) is 9.59 Å². The van der Waals surface area contributed by atoms with Crippen molar-refractivity contribution < 1.29 is 14.3 Å². The van der Waals surface area contributed by atoms with Gasteiger partial charge in [0.05, 0.1) is 21.7 Å². The molecular weight excluding hydrogens is 523 g/mol. The van der Waals surface area contributed by atoms with Crippen molar-refractivity contribution in [2.24, 2.45) is 12.5 Å². The van der Waals surface area contributed by atoms with Crippen LogP contribution in [-0.4, -0.2) is 27.2 Å². The van der Waals surface area contributed by atoms with E-state index < -0.39 is 11.7 Å². The molecule has 1 aliphatic carbocycles. The minimum absolute atomic E-state index is 0.122. The maximum Gasteiger partial charge on any atom is 0.412 e. The van der Waals surface area contributed by atoms with Gasteiger partial charge in [0, 0.05) is 30.5 Å². The summed E-state index contributed by atoms with van der Waals surface area (Å²) in [5.74, 6) is 0.917. The summed E-state index contributed by atoms with van der Waals surface area (Å²) in [6, 6.07) is 9.35. The van der Waals surface area contributed by atoms with Crippen LogP contribution in [0.1, 0.15) is 76.8 Å². The number of anilines is 1. The van der Waals surface area contributed by atoms with Crippen LogP contribution in [0.4, 0.5) is 10.5 Å². The zero-order valence-electron chi connectivity index (χ0n) is 22.7. The number of nitrogens with zero attached hydrogens (tertiary/aromatic N) is 2. The highest BCUT2D eigenvalue weighted by Crippen LogP contribution is 2.36. The van der Waals surface area contributed by atoms with Crippen LogP contribution in [0.2, 0.25) is 10.0 Å². The van der Waals surface area contributed by atoms with E-state index in [-0.39, 0.29) is 11.3 Å². The number of nitrogens with one attached hydrogen (secondary N) is 2. The molecule has 2 aromatic carbocycles. The van der Waals surface area contributed by atoms with Gasteiger partial charge in [-0.25, -0.2) is 9.78 Å². The Balaban J connectivity index is 1.50. The first kappa shape index (κ1) is 28.2. The molecule has 3 aromatic rings. The van der Waals surface area contributed by atoms with Crippen molar-refractivity contribution in [2.75, 3.05) is 5.32 Å². The number of hydrogen-bond donors (Lipinski definition) is 2. The van der Waals surface area contributed by atoms with Gasteiger partial charge in [-0.2, -0.15) is 0 Å². The summed E-state index contributed by atoms with van der Waals surface area (Å²) in [4.78, 5) is 29.9. The first-order valence-corrected chi connectivity index (χ1v) is 13.8. The second kappa shape index (κ2) is 11.1. The number of aromatic nitrogens is 2. The van der Waals surface area contributed by atoms with Gasteiger partial charge in [-0.1, -0.05) is 61.5 Å². The molecule has 0 aliphatic heterocycles. The molecule has 0 atom stereocenters. The van der Waals surface area contributed by atoms with Gasteiger partial charge >= 0.3 is 6.09 Å². The van der Waals surface area contributed by atoms with E-state index in [0.717, 1.165) is 48.2 Å². The standard InChI is InChI=1S/C29H36Cl2N4O3/c1-28(2,3)38-27(37)34-22-16-24-23(15-21(22)31)33-25(35(24)5)14-19-13-18(9-10-20(19)30)17-32-26(36)29(4)11-7-6-8-12-29/h9-10,13,15-16H,6-8,11-12,14,17H2,1-5H3,(H,32,36)(H,34,37). The van der Waals surface area contributed by atoms with Crippen molar-refractivity contribution >= 4 is 51.9 Å². The Kier molecular flexibility index (Phi) is 8.29. The van der Waals surface area contributed by atoms with Gasteiger partial charge in [-0.05, 0) is 62.9 Å². The Bertz CT molecular complexity index is 1350. The maximum atomic E-state index is 12.9. The molecule has 2 amide bonds. The van der Waals surface area contributed by atoms with E-state index in [1.54, 1.807) is 32.9 Å². The van der Waals surface area contributed by atoms with Crippen molar-refractivity contribution in [1.29, 1.82) is 0 Å². The second-order valence-electron chi connectivity index (χ2n) is 11.4. The minimum atomic E-state index is -0.620. The van der Waals surface area contributed by atoms with E-state index in [1.807, 2.05) is 29.8 Å². The molecule has 0 radical (unpaired) electrons. The van der Waals surface area contributed by atoms with Crippen LogP contribution in [0.25, 0.3) is 11.0 Å². The summed E-state index contributed by atoms with van der Waals surface area (Å²) in [5, 5.41) is 6.86. The van der Waals surface area contributed by atoms with E-state index in [0.29, 0.717) is 34.2 Å². The Morgan fingerprint density at radius 1 is 1.08 bits per heavy atom. The van der Waals surface area contributed by atoms with Crippen molar-refractivity contribution in [1.82, 2.24) is 14.9 Å². The Labute approximate surface area is 234 Å². The topological polar surface area (TPSA) is 85.3 Å². The normalized spacial score (nSPS) is 15.3. The van der Waals surface area contributed by atoms with Gasteiger partial charge in [0.15, 0.2) is 0 Å². The van der Waals surface area contributed by atoms with E-state index in [2.05, 4.69) is 17.6 Å². The largest absolute Gasteiger partial charge is 0.444 e. The van der Waals surface area contributed by atoms with Gasteiger partial charge in [0.25, 0.3) is 0 Å². The smallest absolute Gasteiger partial charge is 0.412 e. The van der Waals surface area contributed by atoms with Crippen LogP contribution >= 0.6 is 23.2 Å². The number of carbonyl (C=O) groups excluding carboxylic acids is 2. The second-order valence-corrected chi connectivity index (χ2v) is 12.3. The van der Waals surface area contributed by atoms with E-state index in [1.165, 1.54) is 6.42 Å². The summed E-state index contributed by atoms with van der Waals surface area (Å²) in [5.41, 5.74) is 2.98. The molecule has 7 nitrogen and oxygen atoms in total. The van der Waals surface area contributed by atoms with Crippen molar-refractivity contribution in [3.05, 3.63) is 57.3 Å². The van der Waals surface area contributed by atoms with Crippen LogP contribution in [-0.2, 0) is 29.5 Å². The zero-order chi connectivity index (χ0) is 27.7. The van der Waals surface area contributed by atoms with E-state index >= 15 is 0 Å². The van der Waals surface area contributed by atoms with Crippen molar-refractivity contribution in [3.8, 4) is 0 Å². The molecule has 1 heterocycles. The number of ether oxygens (including phenoxy) is 1. The molecule has 9 heteroatoms. The molecule has 2 N–H and O–H groups in total. The van der Waals surface area contributed by atoms with Crippen LogP contribution in [0.3, 0.4) is 0 Å². The lowest BCUT2D eigenvalue weighted by Gasteiger charge is -2.32. The van der Waals surface area contributed by atoms with Gasteiger partial charge in [0.2, 0.25) is 5.91 Å². The predicted molar refractivity (Wildman–Crippen MR) is 153 cm³/mol. The molecule has 1 aliphatic rings. The quantitative estimate of drug-likeness (QED) is 0.330. The Hall–Kier alpha value is -2.77. The van der Waals surface area contributed by atoms with Crippen LogP contribution < -0.4 is 10.6 Å². The molecule has 0 spiro atoms. The van der Waals surface area contributed by atoms with Gasteiger partial charge in [0.1, 0.15) is 11.4 Å². The van der Waals surface area contributed by atoms with Crippen LogP contribution in [0.5, 0.6) is 0 Å². The average molecular weight is 560 g/mol. The molecular formula is C29H36Cl2N4O3. The highest BCUT2D eigenvalue weighted by molar-refractivity contribution is 6.34. The number of halogens is 2. The highest BCUT2D eigenvalue weighted by atomic mass is 35.5. The summed E-state index contributed by atoms with van der Waals surface area (Å²) in [6.07, 6.45) is 5.23. The number of amides is 2. The molecule has 1 fully saturated rings. The third-order valence-electron chi connectivity index (χ3n) is 7.11. The SMILES string of the molecule is Cn1c(Cc2cc(CNC(=O)C3(C)CCCCC3)ccc2Cl)nc2cc(Cl)c(NC(=O)OC(C)(C)C)cc21. The molecule has 4 rings (SSSR count). The van der Waals surface area contributed by atoms with Crippen LogP contribution in [0.15, 0.2) is 30.3 Å². The van der Waals surface area contributed by atoms with Gasteiger partial charge < -0.3 is 14.6 Å². The third kappa shape index (κ3) is 6.62. The Morgan fingerprint density at radius 2 is 1.79 bits per heavy atom. The molecule has 38 heavy (non-hydrogen) atoms. The average Bonchev–Trinajstić information content (AvgIpc) is 3.12. The molecule has 1 aromatic heterocycles. The molecule has 1 saturated carbocycles. The monoisotopic (exact) mass is 558 g/mol. The first-order chi connectivity index (χ1) is 17.8. The fourth-order valence-electron chi connectivity index (χ4n) is 4.93. The Morgan fingerprint density at radius 3 is 2.47 bits per heavy atom. The number of benzene rings is 2. The highest BCUT2D eigenvalue weighted by Gasteiger charge is 2.34. The summed E-state index contributed by atoms with van der Waals surface area (Å²) in [7, 11) is 1.92. The molecule has 204 valence electrons. The number of carbonyl (C=O) groups is 2. The van der Waals surface area contributed by atoms with Crippen molar-refractivity contribution in [3.63, 3.8) is 0 Å². The number of hydrogen-bond acceptors (Lipinski definition) is 4. The van der Waals surface area contributed by atoms with Gasteiger partial charge in [-0.15, -0.1) is 0 Å². The predicted octanol–water partition coefficient (Wildman–Crippen LogP) is 7.40. The summed E-state index contributed by atoms with van der Waals surface area (Å²) >= 11 is 13.0. The number of rotatable bonds is 6. The zero-order valence-corrected chi connectivity index (χ0v) is 24.2. The molecule has 0 unspecified atom stereocenters. The van der Waals surface area contributed by atoms with Crippen LogP contribution in [0, 0.1) is 5.41 Å². The lowest BCUT2D eigenvalue weighted by molar-refractivity contribution is -0.132. The third-order valence-corrected chi connectivity index (χ3v) is 7.80. The molecule has 0 bridgehead atoms. The molecule has 0 saturated heterocycles. The fourth-order valence-corrected chi connectivity index (χ4v) is 5.32. The van der Waals surface area contributed by atoms with E-state index in [4.69, 9.17) is 32.9 Å². The number of fused-ring (bicyclic) bond motifs is 1. The minimum Gasteiger partial charge on any atom is -0.444 e. The summed E-state index contributed by atoms with van der Waals surface area (Å²) < 4.78 is 7.31. The maximum absolute atomic E-state index is 12.9. The summed E-state index contributed by atoms with van der Waals surface area (Å²) in [6.45, 7) is 7.93. The number of aryl methyl sites for hydroxylation is 1. The first-order valence-electron chi connectivity index (χ1n) is 13.1.